The van der Waals surface area contributed by atoms with Crippen molar-refractivity contribution >= 4 is 63.8 Å². The Morgan fingerprint density at radius 3 is 2.35 bits per heavy atom. The lowest BCUT2D eigenvalue weighted by atomic mass is 9.84. The molecule has 0 aliphatic carbocycles. The number of aromatic nitrogens is 4. The fourth-order valence-corrected chi connectivity index (χ4v) is 7.70. The molecule has 13 heteroatoms. The number of H-pyrrole nitrogens is 2. The monoisotopic (exact) mass is 692 g/mol. The lowest BCUT2D eigenvalue weighted by Gasteiger charge is -2.27. The lowest BCUT2D eigenvalue weighted by Crippen LogP contribution is -2.42. The summed E-state index contributed by atoms with van der Waals surface area (Å²) in [5, 5.41) is 12.6. The van der Waals surface area contributed by atoms with Gasteiger partial charge in [-0.25, -0.2) is 4.98 Å². The minimum absolute atomic E-state index is 0.0811. The number of rotatable bonds is 10. The number of ketones is 1. The number of aromatic amines is 2. The van der Waals surface area contributed by atoms with Gasteiger partial charge in [-0.1, -0.05) is 13.8 Å². The zero-order chi connectivity index (χ0) is 36.9. The first kappa shape index (κ1) is 35.9. The molecular formula is C38H45BN6O6. The summed E-state index contributed by atoms with van der Waals surface area (Å²) in [6.45, 7) is 13.5. The van der Waals surface area contributed by atoms with E-state index in [0.717, 1.165) is 28.1 Å². The number of Topliss-reactive ketones (excluding diaryl/α,β-unsaturated/α-hetero) is 1. The average Bonchev–Trinajstić information content (AvgIpc) is 3.76. The minimum Gasteiger partial charge on any atom is -0.469 e. The van der Waals surface area contributed by atoms with Crippen LogP contribution >= 0.6 is 0 Å². The maximum Gasteiger partial charge on any atom is 0.373 e. The summed E-state index contributed by atoms with van der Waals surface area (Å²) < 4.78 is 4.99. The lowest BCUT2D eigenvalue weighted by molar-refractivity contribution is -0.140. The zero-order valence-electron chi connectivity index (χ0n) is 30.5. The van der Waals surface area contributed by atoms with E-state index in [2.05, 4.69) is 22.1 Å². The van der Waals surface area contributed by atoms with Gasteiger partial charge in [0.1, 0.15) is 0 Å². The van der Waals surface area contributed by atoms with Crippen molar-refractivity contribution in [3.05, 3.63) is 68.8 Å². The van der Waals surface area contributed by atoms with Crippen LogP contribution in [0.15, 0.2) is 18.2 Å². The molecule has 12 nitrogen and oxygen atoms in total. The van der Waals surface area contributed by atoms with Crippen molar-refractivity contribution in [1.29, 1.82) is 0 Å². The molecule has 6 rings (SSSR count). The van der Waals surface area contributed by atoms with Gasteiger partial charge >= 0.3 is 13.0 Å². The number of imide groups is 1. The highest BCUT2D eigenvalue weighted by atomic mass is 16.5. The Morgan fingerprint density at radius 2 is 1.69 bits per heavy atom. The summed E-state index contributed by atoms with van der Waals surface area (Å²) in [4.78, 5) is 72.6. The SMILES string of the molecule is CCC1=C(C)c2cc3[nH]c(cc4nc(c5c6[nH]c(cc1n2)c(C)c6C(=O)N(CCCNB(C)O)C5=O)[C@@H](CCC(=O)OC)[C@@H]4C)c(C)c3C(C)=O. The van der Waals surface area contributed by atoms with E-state index in [9.17, 15) is 24.2 Å². The number of methoxy groups -OCH3 is 1. The van der Waals surface area contributed by atoms with E-state index in [1.54, 1.807) is 13.7 Å². The van der Waals surface area contributed by atoms with Crippen LogP contribution in [0, 0.1) is 13.8 Å². The third-order valence-corrected chi connectivity index (χ3v) is 10.5. The van der Waals surface area contributed by atoms with E-state index in [0.29, 0.717) is 76.0 Å². The first-order chi connectivity index (χ1) is 24.3. The normalized spacial score (nSPS) is 17.0. The number of fused-ring (bicyclic) bond motifs is 8. The van der Waals surface area contributed by atoms with Gasteiger partial charge in [-0.2, -0.15) is 0 Å². The maximum absolute atomic E-state index is 14.6. The third-order valence-electron chi connectivity index (χ3n) is 10.5. The topological polar surface area (TPSA) is 170 Å². The van der Waals surface area contributed by atoms with E-state index in [1.807, 2.05) is 45.9 Å². The smallest absolute Gasteiger partial charge is 0.373 e. The van der Waals surface area contributed by atoms with Crippen molar-refractivity contribution in [2.75, 3.05) is 20.2 Å². The Morgan fingerprint density at radius 1 is 1.00 bits per heavy atom. The van der Waals surface area contributed by atoms with Crippen molar-refractivity contribution in [3.8, 4) is 0 Å². The largest absolute Gasteiger partial charge is 0.469 e. The number of allylic oxidation sites excluding steroid dienone is 2. The molecule has 266 valence electrons. The van der Waals surface area contributed by atoms with Crippen molar-refractivity contribution in [3.63, 3.8) is 0 Å². The first-order valence-electron chi connectivity index (χ1n) is 17.6. The van der Waals surface area contributed by atoms with Gasteiger partial charge in [-0.3, -0.25) is 29.1 Å². The highest BCUT2D eigenvalue weighted by Crippen LogP contribution is 2.44. The predicted octanol–water partition coefficient (Wildman–Crippen LogP) is 6.00. The highest BCUT2D eigenvalue weighted by Gasteiger charge is 2.41. The van der Waals surface area contributed by atoms with Crippen LogP contribution in [0.3, 0.4) is 0 Å². The number of nitrogens with zero attached hydrogens (tertiary/aromatic N) is 3. The molecular weight excluding hydrogens is 647 g/mol. The number of ether oxygens (including phenoxy) is 1. The number of aryl methyl sites for hydroxylation is 2. The Labute approximate surface area is 297 Å². The van der Waals surface area contributed by atoms with Gasteiger partial charge in [-0.15, -0.1) is 0 Å². The number of esters is 1. The maximum atomic E-state index is 14.6. The van der Waals surface area contributed by atoms with Crippen LogP contribution in [0.25, 0.3) is 33.2 Å². The van der Waals surface area contributed by atoms with Crippen LogP contribution < -0.4 is 5.23 Å². The fraction of sp³-hybridized carbons (Fsp3) is 0.421. The van der Waals surface area contributed by atoms with E-state index < -0.39 is 18.9 Å². The summed E-state index contributed by atoms with van der Waals surface area (Å²) in [6.07, 6.45) is 1.61. The average molecular weight is 693 g/mol. The second-order valence-electron chi connectivity index (χ2n) is 13.7. The summed E-state index contributed by atoms with van der Waals surface area (Å²) in [5.74, 6) is -1.91. The number of amides is 2. The van der Waals surface area contributed by atoms with Crippen LogP contribution in [0.5, 0.6) is 0 Å². The number of nitrogens with one attached hydrogen (secondary N) is 3. The van der Waals surface area contributed by atoms with E-state index >= 15 is 0 Å². The molecule has 4 N–H and O–H groups in total. The minimum atomic E-state index is -0.729. The number of hydrogen-bond acceptors (Lipinski definition) is 9. The van der Waals surface area contributed by atoms with Gasteiger partial charge in [0.15, 0.2) is 5.78 Å². The predicted molar refractivity (Wildman–Crippen MR) is 197 cm³/mol. The third kappa shape index (κ3) is 6.33. The molecule has 0 fully saturated rings. The molecule has 2 amide bonds. The van der Waals surface area contributed by atoms with E-state index in [-0.39, 0.29) is 42.1 Å². The summed E-state index contributed by atoms with van der Waals surface area (Å²) in [6, 6.07) is 5.76. The van der Waals surface area contributed by atoms with E-state index in [4.69, 9.17) is 14.7 Å². The standard InChI is InChI=1S/C38H45BN6O6/c1-9-23-18(2)25-17-30-32(22(6)46)20(4)27(42-30)15-26-19(3)24(11-12-31(47)51-8)35(43-26)34-36-33(21(5)28(44-36)16-29(23)41-25)37(48)45(38(34)49)14-10-13-40-39(7)50/h15-17,19,24,40,42,44,50H,9-14H2,1-8H3/t19-,24-/m0/s1. The molecule has 0 spiro atoms. The van der Waals surface area contributed by atoms with Crippen molar-refractivity contribution in [1.82, 2.24) is 30.1 Å². The molecule has 0 unspecified atom stereocenters. The molecule has 0 saturated carbocycles. The Balaban J connectivity index is 1.73. The van der Waals surface area contributed by atoms with Gasteiger partial charge in [0.2, 0.25) is 0 Å². The van der Waals surface area contributed by atoms with Crippen LogP contribution in [-0.4, -0.2) is 80.7 Å². The molecule has 0 aromatic carbocycles. The van der Waals surface area contributed by atoms with Crippen LogP contribution in [0.4, 0.5) is 0 Å². The van der Waals surface area contributed by atoms with Gasteiger partial charge in [0.25, 0.3) is 11.8 Å². The van der Waals surface area contributed by atoms with Crippen LogP contribution in [-0.2, 0) is 9.53 Å². The van der Waals surface area contributed by atoms with Gasteiger partial charge in [0.05, 0.1) is 46.4 Å². The molecule has 3 aromatic heterocycles. The Kier molecular flexibility index (Phi) is 9.89. The second kappa shape index (κ2) is 14.0. The Hall–Kier alpha value is -4.88. The van der Waals surface area contributed by atoms with Crippen molar-refractivity contribution in [2.24, 2.45) is 0 Å². The fourth-order valence-electron chi connectivity index (χ4n) is 7.70. The van der Waals surface area contributed by atoms with E-state index in [1.165, 1.54) is 12.0 Å². The van der Waals surface area contributed by atoms with Crippen molar-refractivity contribution < 1.29 is 28.9 Å². The van der Waals surface area contributed by atoms with Gasteiger partial charge < -0.3 is 25.0 Å². The molecule has 0 saturated heterocycles. The van der Waals surface area contributed by atoms with Crippen LogP contribution in [0.2, 0.25) is 6.82 Å². The summed E-state index contributed by atoms with van der Waals surface area (Å²) in [5.41, 5.74) is 9.78. The van der Waals surface area contributed by atoms with Crippen LogP contribution in [0.1, 0.15) is 130 Å². The molecule has 51 heavy (non-hydrogen) atoms. The summed E-state index contributed by atoms with van der Waals surface area (Å²) in [7, 11) is 0.618. The number of carbonyl (C=O) groups is 4. The molecule has 2 atom stereocenters. The number of hydrogen-bond donors (Lipinski definition) is 4. The highest BCUT2D eigenvalue weighted by molar-refractivity contribution is 6.45. The molecule has 8 bridgehead atoms. The van der Waals surface area contributed by atoms with Gasteiger partial charge in [0, 0.05) is 47.1 Å². The summed E-state index contributed by atoms with van der Waals surface area (Å²) >= 11 is 0. The molecule has 3 aliphatic heterocycles. The van der Waals surface area contributed by atoms with Crippen molar-refractivity contribution in [2.45, 2.75) is 85.9 Å². The van der Waals surface area contributed by atoms with Gasteiger partial charge in [-0.05, 0) is 101 Å². The first-order valence-corrected chi connectivity index (χ1v) is 17.6. The quantitative estimate of drug-likeness (QED) is 0.0654. The molecule has 3 aromatic rings. The zero-order valence-corrected chi connectivity index (χ0v) is 30.5. The Bertz CT molecular complexity index is 2180. The second-order valence-corrected chi connectivity index (χ2v) is 13.7. The molecule has 6 heterocycles. The molecule has 0 radical (unpaired) electrons. The number of carbonyl (C=O) groups excluding carboxylic acids is 4. The molecule has 3 aliphatic rings.